The molecule has 20 heavy (non-hydrogen) atoms. The number of para-hydroxylation sites is 1. The summed E-state index contributed by atoms with van der Waals surface area (Å²) in [6, 6.07) is 10.2. The summed E-state index contributed by atoms with van der Waals surface area (Å²) in [4.78, 5) is 14.2. The molecule has 4 nitrogen and oxygen atoms in total. The second kappa shape index (κ2) is 7.41. The number of nitrogens with zero attached hydrogens (tertiary/aromatic N) is 1. The molecule has 1 aromatic carbocycles. The largest absolute Gasteiger partial charge is 0.325 e. The second-order valence-electron chi connectivity index (χ2n) is 5.61. The standard InChI is InChI=1S/C16H25N3O/c1-13(17-2)14-8-10-19(11-9-14)12-16(20)18-15-6-4-3-5-7-15/h3-7,13-14,17H,8-12H2,1-2H3,(H,18,20). The highest BCUT2D eigenvalue weighted by molar-refractivity contribution is 5.92. The molecule has 0 bridgehead atoms. The van der Waals surface area contributed by atoms with Gasteiger partial charge in [0, 0.05) is 11.7 Å². The summed E-state index contributed by atoms with van der Waals surface area (Å²) in [7, 11) is 2.02. The van der Waals surface area contributed by atoms with E-state index in [9.17, 15) is 4.79 Å². The van der Waals surface area contributed by atoms with Gasteiger partial charge in [-0.2, -0.15) is 0 Å². The second-order valence-corrected chi connectivity index (χ2v) is 5.61. The fourth-order valence-corrected chi connectivity index (χ4v) is 2.77. The number of hydrogen-bond donors (Lipinski definition) is 2. The molecule has 1 aliphatic rings. The maximum absolute atomic E-state index is 12.0. The molecule has 0 aliphatic carbocycles. The highest BCUT2D eigenvalue weighted by Crippen LogP contribution is 2.20. The zero-order valence-electron chi connectivity index (χ0n) is 12.4. The lowest BCUT2D eigenvalue weighted by molar-refractivity contribution is -0.117. The topological polar surface area (TPSA) is 44.4 Å². The summed E-state index contributed by atoms with van der Waals surface area (Å²) < 4.78 is 0. The van der Waals surface area contributed by atoms with Gasteiger partial charge in [0.25, 0.3) is 0 Å². The molecule has 0 saturated carbocycles. The summed E-state index contributed by atoms with van der Waals surface area (Å²) in [5.74, 6) is 0.810. The zero-order valence-corrected chi connectivity index (χ0v) is 12.4. The van der Waals surface area contributed by atoms with Gasteiger partial charge in [-0.25, -0.2) is 0 Å². The molecule has 110 valence electrons. The van der Waals surface area contributed by atoms with Gasteiger partial charge in [-0.3, -0.25) is 9.69 Å². The Balaban J connectivity index is 1.74. The van der Waals surface area contributed by atoms with Gasteiger partial charge in [0.05, 0.1) is 6.54 Å². The zero-order chi connectivity index (χ0) is 14.4. The van der Waals surface area contributed by atoms with Gasteiger partial charge >= 0.3 is 0 Å². The monoisotopic (exact) mass is 275 g/mol. The van der Waals surface area contributed by atoms with Crippen LogP contribution in [0.1, 0.15) is 19.8 Å². The van der Waals surface area contributed by atoms with Gasteiger partial charge in [0.15, 0.2) is 0 Å². The number of piperidine rings is 1. The Morgan fingerprint density at radius 3 is 2.55 bits per heavy atom. The number of likely N-dealkylation sites (tertiary alicyclic amines) is 1. The van der Waals surface area contributed by atoms with Crippen molar-refractivity contribution >= 4 is 11.6 Å². The van der Waals surface area contributed by atoms with E-state index in [-0.39, 0.29) is 5.91 Å². The van der Waals surface area contributed by atoms with E-state index < -0.39 is 0 Å². The molecule has 1 aliphatic heterocycles. The quantitative estimate of drug-likeness (QED) is 0.863. The third-order valence-corrected chi connectivity index (χ3v) is 4.22. The molecule has 1 aromatic rings. The van der Waals surface area contributed by atoms with Crippen LogP contribution in [0.25, 0.3) is 0 Å². The molecule has 2 N–H and O–H groups in total. The molecule has 1 unspecified atom stereocenters. The molecule has 1 saturated heterocycles. The van der Waals surface area contributed by atoms with Crippen molar-refractivity contribution in [3.8, 4) is 0 Å². The first-order valence-corrected chi connectivity index (χ1v) is 7.43. The van der Waals surface area contributed by atoms with Gasteiger partial charge in [-0.05, 0) is 58.0 Å². The number of hydrogen-bond acceptors (Lipinski definition) is 3. The molecule has 0 spiro atoms. The highest BCUT2D eigenvalue weighted by atomic mass is 16.2. The maximum Gasteiger partial charge on any atom is 0.238 e. The average Bonchev–Trinajstić information content (AvgIpc) is 2.48. The first-order chi connectivity index (χ1) is 9.69. The van der Waals surface area contributed by atoms with Crippen molar-refractivity contribution in [3.05, 3.63) is 30.3 Å². The molecular weight excluding hydrogens is 250 g/mol. The number of carbonyl (C=O) groups is 1. The van der Waals surface area contributed by atoms with Crippen LogP contribution in [0.5, 0.6) is 0 Å². The third kappa shape index (κ3) is 4.32. The number of anilines is 1. The Hall–Kier alpha value is -1.39. The molecule has 1 heterocycles. The number of amides is 1. The van der Waals surface area contributed by atoms with Crippen LogP contribution in [0.15, 0.2) is 30.3 Å². The van der Waals surface area contributed by atoms with Crippen molar-refractivity contribution in [1.29, 1.82) is 0 Å². The smallest absolute Gasteiger partial charge is 0.238 e. The normalized spacial score (nSPS) is 18.7. The van der Waals surface area contributed by atoms with E-state index in [1.165, 1.54) is 12.8 Å². The predicted octanol–water partition coefficient (Wildman–Crippen LogP) is 1.94. The van der Waals surface area contributed by atoms with E-state index in [1.54, 1.807) is 0 Å². The van der Waals surface area contributed by atoms with Gasteiger partial charge < -0.3 is 10.6 Å². The van der Waals surface area contributed by atoms with E-state index in [4.69, 9.17) is 0 Å². The van der Waals surface area contributed by atoms with E-state index >= 15 is 0 Å². The Kier molecular flexibility index (Phi) is 5.56. The number of carbonyl (C=O) groups excluding carboxylic acids is 1. The van der Waals surface area contributed by atoms with E-state index in [1.807, 2.05) is 37.4 Å². The van der Waals surface area contributed by atoms with E-state index in [0.717, 1.165) is 24.7 Å². The predicted molar refractivity (Wildman–Crippen MR) is 82.8 cm³/mol. The minimum absolute atomic E-state index is 0.0799. The summed E-state index contributed by atoms with van der Waals surface area (Å²) in [6.07, 6.45) is 2.33. The molecule has 1 fully saturated rings. The first kappa shape index (κ1) is 15.0. The van der Waals surface area contributed by atoms with Crippen LogP contribution in [0.2, 0.25) is 0 Å². The van der Waals surface area contributed by atoms with Crippen molar-refractivity contribution < 1.29 is 4.79 Å². The van der Waals surface area contributed by atoms with Gasteiger partial charge in [0.2, 0.25) is 5.91 Å². The fraction of sp³-hybridized carbons (Fsp3) is 0.562. The van der Waals surface area contributed by atoms with Crippen LogP contribution < -0.4 is 10.6 Å². The van der Waals surface area contributed by atoms with Crippen molar-refractivity contribution in [3.63, 3.8) is 0 Å². The Morgan fingerprint density at radius 2 is 1.95 bits per heavy atom. The number of benzene rings is 1. The number of rotatable bonds is 5. The lowest BCUT2D eigenvalue weighted by Gasteiger charge is -2.34. The lowest BCUT2D eigenvalue weighted by Crippen LogP contribution is -2.43. The van der Waals surface area contributed by atoms with E-state index in [2.05, 4.69) is 22.5 Å². The summed E-state index contributed by atoms with van der Waals surface area (Å²) in [5.41, 5.74) is 0.871. The van der Waals surface area contributed by atoms with Crippen LogP contribution in [-0.2, 0) is 4.79 Å². The average molecular weight is 275 g/mol. The molecule has 0 radical (unpaired) electrons. The van der Waals surface area contributed by atoms with Gasteiger partial charge in [0.1, 0.15) is 0 Å². The summed E-state index contributed by atoms with van der Waals surface area (Å²) in [6.45, 7) is 4.76. The third-order valence-electron chi connectivity index (χ3n) is 4.22. The molecule has 1 atom stereocenters. The van der Waals surface area contributed by atoms with Crippen molar-refractivity contribution in [2.75, 3.05) is 32.0 Å². The molecule has 4 heteroatoms. The Labute approximate surface area is 121 Å². The lowest BCUT2D eigenvalue weighted by atomic mass is 9.90. The molecular formula is C16H25N3O. The van der Waals surface area contributed by atoms with Gasteiger partial charge in [-0.15, -0.1) is 0 Å². The summed E-state index contributed by atoms with van der Waals surface area (Å²) in [5, 5.41) is 6.27. The van der Waals surface area contributed by atoms with Crippen molar-refractivity contribution in [2.24, 2.45) is 5.92 Å². The molecule has 1 amide bonds. The SMILES string of the molecule is CNC(C)C1CCN(CC(=O)Nc2ccccc2)CC1. The van der Waals surface area contributed by atoms with Crippen molar-refractivity contribution in [2.45, 2.75) is 25.8 Å². The van der Waals surface area contributed by atoms with E-state index in [0.29, 0.717) is 12.6 Å². The maximum atomic E-state index is 12.0. The minimum atomic E-state index is 0.0799. The van der Waals surface area contributed by atoms with Crippen molar-refractivity contribution in [1.82, 2.24) is 10.2 Å². The summed E-state index contributed by atoms with van der Waals surface area (Å²) >= 11 is 0. The first-order valence-electron chi connectivity index (χ1n) is 7.43. The minimum Gasteiger partial charge on any atom is -0.325 e. The van der Waals surface area contributed by atoms with Gasteiger partial charge in [-0.1, -0.05) is 18.2 Å². The Morgan fingerprint density at radius 1 is 1.30 bits per heavy atom. The molecule has 2 rings (SSSR count). The van der Waals surface area contributed by atoms with Crippen LogP contribution in [0.3, 0.4) is 0 Å². The fourth-order valence-electron chi connectivity index (χ4n) is 2.77. The Bertz CT molecular complexity index is 413. The highest BCUT2D eigenvalue weighted by Gasteiger charge is 2.23. The molecule has 0 aromatic heterocycles. The van der Waals surface area contributed by atoms with Crippen LogP contribution in [-0.4, -0.2) is 43.5 Å². The van der Waals surface area contributed by atoms with Crippen LogP contribution in [0, 0.1) is 5.92 Å². The number of nitrogens with one attached hydrogen (secondary N) is 2. The van der Waals surface area contributed by atoms with Crippen LogP contribution >= 0.6 is 0 Å². The van der Waals surface area contributed by atoms with Crippen LogP contribution in [0.4, 0.5) is 5.69 Å².